The van der Waals surface area contributed by atoms with E-state index in [0.717, 1.165) is 6.20 Å². The van der Waals surface area contributed by atoms with Crippen LogP contribution in [0.2, 0.25) is 0 Å². The number of carbonyl (C=O) groups excluding carboxylic acids is 2. The summed E-state index contributed by atoms with van der Waals surface area (Å²) >= 11 is 0. The minimum atomic E-state index is -4.74. The van der Waals surface area contributed by atoms with Crippen molar-refractivity contribution in [1.29, 1.82) is 0 Å². The Labute approximate surface area is 133 Å². The molecule has 0 saturated carbocycles. The Morgan fingerprint density at radius 2 is 1.96 bits per heavy atom. The highest BCUT2D eigenvalue weighted by molar-refractivity contribution is 6.21. The van der Waals surface area contributed by atoms with Crippen LogP contribution in [0.15, 0.2) is 24.4 Å². The number of rotatable bonds is 3. The molecule has 0 bridgehead atoms. The molecule has 0 spiro atoms. The third-order valence-corrected chi connectivity index (χ3v) is 3.50. The SMILES string of the molecule is NCCNC(=O)c1ccc2c(c1)C(=O)c1nc(C(F)(F)F)ncc1-2. The standard InChI is InChI=1S/C15H11F3N4O2/c16-15(17,18)14-21-6-10-8-2-1-7(13(24)20-4-3-19)5-9(8)12(23)11(10)22-14/h1-2,5-6H,3-4,19H2,(H,20,24). The third kappa shape index (κ3) is 2.62. The van der Waals surface area contributed by atoms with Crippen LogP contribution in [0, 0.1) is 0 Å². The number of fused-ring (bicyclic) bond motifs is 3. The summed E-state index contributed by atoms with van der Waals surface area (Å²) in [6.07, 6.45) is -3.76. The second-order valence-corrected chi connectivity index (χ2v) is 5.09. The minimum absolute atomic E-state index is 0.124. The van der Waals surface area contributed by atoms with Crippen molar-refractivity contribution in [3.05, 3.63) is 47.0 Å². The summed E-state index contributed by atoms with van der Waals surface area (Å²) in [7, 11) is 0. The highest BCUT2D eigenvalue weighted by Gasteiger charge is 2.38. The van der Waals surface area contributed by atoms with Gasteiger partial charge in [-0.15, -0.1) is 0 Å². The number of carbonyl (C=O) groups is 2. The van der Waals surface area contributed by atoms with Gasteiger partial charge < -0.3 is 11.1 Å². The lowest BCUT2D eigenvalue weighted by molar-refractivity contribution is -0.145. The Hall–Kier alpha value is -2.81. The second kappa shape index (κ2) is 5.68. The Kier molecular flexibility index (Phi) is 3.80. The average Bonchev–Trinajstić information content (AvgIpc) is 2.84. The smallest absolute Gasteiger partial charge is 0.351 e. The van der Waals surface area contributed by atoms with Crippen molar-refractivity contribution in [1.82, 2.24) is 15.3 Å². The van der Waals surface area contributed by atoms with Gasteiger partial charge >= 0.3 is 6.18 Å². The lowest BCUT2D eigenvalue weighted by atomic mass is 10.0. The number of halogens is 3. The molecular weight excluding hydrogens is 325 g/mol. The van der Waals surface area contributed by atoms with Crippen LogP contribution >= 0.6 is 0 Å². The van der Waals surface area contributed by atoms with E-state index in [1.165, 1.54) is 18.2 Å². The molecular formula is C15H11F3N4O2. The molecule has 9 heteroatoms. The molecule has 6 nitrogen and oxygen atoms in total. The Morgan fingerprint density at radius 3 is 2.62 bits per heavy atom. The van der Waals surface area contributed by atoms with E-state index in [1.807, 2.05) is 0 Å². The maximum Gasteiger partial charge on any atom is 0.451 e. The number of benzene rings is 1. The zero-order valence-electron chi connectivity index (χ0n) is 12.1. The highest BCUT2D eigenvalue weighted by atomic mass is 19.4. The zero-order valence-corrected chi connectivity index (χ0v) is 12.1. The molecule has 1 aliphatic rings. The molecule has 3 rings (SSSR count). The summed E-state index contributed by atoms with van der Waals surface area (Å²) in [6, 6.07) is 4.30. The van der Waals surface area contributed by atoms with Crippen molar-refractivity contribution in [2.24, 2.45) is 5.73 Å². The Balaban J connectivity index is 2.01. The number of alkyl halides is 3. The van der Waals surface area contributed by atoms with Crippen LogP contribution in [-0.2, 0) is 6.18 Å². The van der Waals surface area contributed by atoms with Crippen molar-refractivity contribution < 1.29 is 22.8 Å². The van der Waals surface area contributed by atoms with Crippen molar-refractivity contribution in [2.45, 2.75) is 6.18 Å². The number of hydrogen-bond donors (Lipinski definition) is 2. The molecule has 0 fully saturated rings. The average molecular weight is 336 g/mol. The highest BCUT2D eigenvalue weighted by Crippen LogP contribution is 2.37. The van der Waals surface area contributed by atoms with Crippen LogP contribution in [0.3, 0.4) is 0 Å². The van der Waals surface area contributed by atoms with Gasteiger partial charge in [-0.2, -0.15) is 13.2 Å². The van der Waals surface area contributed by atoms with E-state index >= 15 is 0 Å². The molecule has 0 aliphatic heterocycles. The summed E-state index contributed by atoms with van der Waals surface area (Å²) in [5.74, 6) is -2.46. The van der Waals surface area contributed by atoms with Gasteiger partial charge in [0.25, 0.3) is 5.91 Å². The molecule has 0 atom stereocenters. The van der Waals surface area contributed by atoms with Gasteiger partial charge in [0.15, 0.2) is 0 Å². The predicted molar refractivity (Wildman–Crippen MR) is 77.3 cm³/mol. The van der Waals surface area contributed by atoms with E-state index in [9.17, 15) is 22.8 Å². The molecule has 0 radical (unpaired) electrons. The molecule has 1 amide bonds. The molecule has 1 heterocycles. The first-order valence-corrected chi connectivity index (χ1v) is 6.94. The van der Waals surface area contributed by atoms with Crippen molar-refractivity contribution in [2.75, 3.05) is 13.1 Å². The fourth-order valence-electron chi connectivity index (χ4n) is 2.41. The second-order valence-electron chi connectivity index (χ2n) is 5.09. The topological polar surface area (TPSA) is 98.0 Å². The number of amides is 1. The number of hydrogen-bond acceptors (Lipinski definition) is 5. The maximum absolute atomic E-state index is 12.7. The molecule has 1 aromatic heterocycles. The van der Waals surface area contributed by atoms with Gasteiger partial charge in [0.1, 0.15) is 5.69 Å². The van der Waals surface area contributed by atoms with Gasteiger partial charge in [-0.25, -0.2) is 9.97 Å². The molecule has 3 N–H and O–H groups in total. The van der Waals surface area contributed by atoms with E-state index in [4.69, 9.17) is 5.73 Å². The molecule has 0 unspecified atom stereocenters. The molecule has 1 aliphatic carbocycles. The predicted octanol–water partition coefficient (Wildman–Crippen LogP) is 1.40. The van der Waals surface area contributed by atoms with Crippen LogP contribution < -0.4 is 11.1 Å². The largest absolute Gasteiger partial charge is 0.451 e. The first kappa shape index (κ1) is 16.1. The molecule has 124 valence electrons. The molecule has 24 heavy (non-hydrogen) atoms. The van der Waals surface area contributed by atoms with E-state index in [0.29, 0.717) is 5.56 Å². The number of ketones is 1. The zero-order chi connectivity index (χ0) is 17.5. The normalized spacial score (nSPS) is 12.8. The van der Waals surface area contributed by atoms with Crippen LogP contribution in [0.4, 0.5) is 13.2 Å². The maximum atomic E-state index is 12.7. The van der Waals surface area contributed by atoms with Crippen molar-refractivity contribution in [3.63, 3.8) is 0 Å². The lowest BCUT2D eigenvalue weighted by Crippen LogP contribution is -2.29. The summed E-state index contributed by atoms with van der Waals surface area (Å²) < 4.78 is 38.1. The number of nitrogens with zero attached hydrogens (tertiary/aromatic N) is 2. The van der Waals surface area contributed by atoms with Gasteiger partial charge in [-0.1, -0.05) is 6.07 Å². The Morgan fingerprint density at radius 1 is 1.21 bits per heavy atom. The molecule has 0 saturated heterocycles. The summed E-state index contributed by atoms with van der Waals surface area (Å²) in [5, 5.41) is 2.55. The van der Waals surface area contributed by atoms with Gasteiger partial charge in [-0.05, 0) is 17.7 Å². The van der Waals surface area contributed by atoms with Crippen LogP contribution in [0.1, 0.15) is 32.2 Å². The van der Waals surface area contributed by atoms with E-state index in [-0.39, 0.29) is 35.5 Å². The monoisotopic (exact) mass is 336 g/mol. The number of nitrogens with one attached hydrogen (secondary N) is 1. The van der Waals surface area contributed by atoms with Gasteiger partial charge in [0.05, 0.1) is 0 Å². The summed E-state index contributed by atoms with van der Waals surface area (Å²) in [5.41, 5.74) is 5.95. The van der Waals surface area contributed by atoms with E-state index < -0.39 is 23.7 Å². The number of nitrogens with two attached hydrogens (primary N) is 1. The van der Waals surface area contributed by atoms with E-state index in [1.54, 1.807) is 0 Å². The first-order valence-electron chi connectivity index (χ1n) is 6.94. The fraction of sp³-hybridized carbons (Fsp3) is 0.200. The fourth-order valence-corrected chi connectivity index (χ4v) is 2.41. The first-order chi connectivity index (χ1) is 11.3. The van der Waals surface area contributed by atoms with Crippen molar-refractivity contribution >= 4 is 11.7 Å². The quantitative estimate of drug-likeness (QED) is 0.753. The van der Waals surface area contributed by atoms with Gasteiger partial charge in [0.2, 0.25) is 11.6 Å². The third-order valence-electron chi connectivity index (χ3n) is 3.50. The summed E-state index contributed by atoms with van der Waals surface area (Å²) in [6.45, 7) is 0.529. The summed E-state index contributed by atoms with van der Waals surface area (Å²) in [4.78, 5) is 30.9. The van der Waals surface area contributed by atoms with Gasteiger partial charge in [0, 0.05) is 36.0 Å². The van der Waals surface area contributed by atoms with E-state index in [2.05, 4.69) is 15.3 Å². The number of aromatic nitrogens is 2. The van der Waals surface area contributed by atoms with Crippen molar-refractivity contribution in [3.8, 4) is 11.1 Å². The van der Waals surface area contributed by atoms with Gasteiger partial charge in [-0.3, -0.25) is 9.59 Å². The van der Waals surface area contributed by atoms with Crippen LogP contribution in [-0.4, -0.2) is 34.7 Å². The van der Waals surface area contributed by atoms with Crippen LogP contribution in [0.25, 0.3) is 11.1 Å². The Bertz CT molecular complexity index is 849. The lowest BCUT2D eigenvalue weighted by Gasteiger charge is -2.06. The molecule has 1 aromatic carbocycles. The molecule has 2 aromatic rings. The minimum Gasteiger partial charge on any atom is -0.351 e. The van der Waals surface area contributed by atoms with Crippen LogP contribution in [0.5, 0.6) is 0 Å².